The summed E-state index contributed by atoms with van der Waals surface area (Å²) < 4.78 is 0. The number of hydrogen-bond donors (Lipinski definition) is 1. The fourth-order valence-electron chi connectivity index (χ4n) is 1.50. The number of nitrogens with zero attached hydrogens (tertiary/aromatic N) is 3. The maximum Gasteiger partial charge on any atom is 0.191 e. The second kappa shape index (κ2) is 8.27. The normalized spacial score (nSPS) is 10.9. The van der Waals surface area contributed by atoms with Gasteiger partial charge in [-0.2, -0.15) is 0 Å². The van der Waals surface area contributed by atoms with Crippen molar-refractivity contribution in [3.05, 3.63) is 29.6 Å². The highest BCUT2D eigenvalue weighted by Gasteiger charge is 2.01. The van der Waals surface area contributed by atoms with Gasteiger partial charge in [0.05, 0.1) is 12.2 Å². The third-order valence-electron chi connectivity index (χ3n) is 2.44. The Morgan fingerprint density at radius 2 is 2.00 bits per heavy atom. The van der Waals surface area contributed by atoms with E-state index < -0.39 is 0 Å². The van der Waals surface area contributed by atoms with Gasteiger partial charge in [0.1, 0.15) is 0 Å². The standard InChI is InChI=1S/C12H20N4.HI/c1-4-16(5-2)12(13)14-9-11-8-6-7-10(3)15-11;/h6-8H,4-5,9H2,1-3H3,(H2,13,14);1H. The monoisotopic (exact) mass is 348 g/mol. The Bertz CT molecular complexity index is 361. The molecule has 5 heteroatoms. The van der Waals surface area contributed by atoms with Crippen molar-refractivity contribution in [1.82, 2.24) is 9.88 Å². The van der Waals surface area contributed by atoms with E-state index in [1.807, 2.05) is 30.0 Å². The first-order chi connectivity index (χ1) is 7.67. The predicted molar refractivity (Wildman–Crippen MR) is 82.6 cm³/mol. The molecule has 0 unspecified atom stereocenters. The molecule has 96 valence electrons. The number of aliphatic imine (C=N–C) groups is 1. The summed E-state index contributed by atoms with van der Waals surface area (Å²) >= 11 is 0. The van der Waals surface area contributed by atoms with Crippen molar-refractivity contribution in [1.29, 1.82) is 0 Å². The van der Waals surface area contributed by atoms with Crippen molar-refractivity contribution in [3.63, 3.8) is 0 Å². The van der Waals surface area contributed by atoms with E-state index in [0.717, 1.165) is 24.5 Å². The Hall–Kier alpha value is -0.850. The van der Waals surface area contributed by atoms with Crippen LogP contribution in [-0.4, -0.2) is 28.9 Å². The van der Waals surface area contributed by atoms with Crippen molar-refractivity contribution in [2.45, 2.75) is 27.3 Å². The van der Waals surface area contributed by atoms with Gasteiger partial charge in [-0.15, -0.1) is 24.0 Å². The van der Waals surface area contributed by atoms with E-state index in [2.05, 4.69) is 23.8 Å². The summed E-state index contributed by atoms with van der Waals surface area (Å²) in [6.45, 7) is 8.42. The van der Waals surface area contributed by atoms with E-state index in [0.29, 0.717) is 12.5 Å². The zero-order valence-electron chi connectivity index (χ0n) is 10.7. The van der Waals surface area contributed by atoms with Gasteiger partial charge in [0, 0.05) is 18.8 Å². The van der Waals surface area contributed by atoms with Crippen LogP contribution in [0.25, 0.3) is 0 Å². The number of halogens is 1. The molecule has 1 rings (SSSR count). The number of rotatable bonds is 4. The van der Waals surface area contributed by atoms with Gasteiger partial charge in [-0.1, -0.05) is 6.07 Å². The van der Waals surface area contributed by atoms with Gasteiger partial charge < -0.3 is 10.6 Å². The van der Waals surface area contributed by atoms with Gasteiger partial charge in [0.25, 0.3) is 0 Å². The van der Waals surface area contributed by atoms with E-state index in [1.54, 1.807) is 0 Å². The van der Waals surface area contributed by atoms with Gasteiger partial charge in [-0.05, 0) is 32.9 Å². The van der Waals surface area contributed by atoms with Crippen LogP contribution in [0.5, 0.6) is 0 Å². The zero-order chi connectivity index (χ0) is 12.0. The lowest BCUT2D eigenvalue weighted by Gasteiger charge is -2.19. The quantitative estimate of drug-likeness (QED) is 0.515. The molecule has 0 aliphatic heterocycles. The fourth-order valence-corrected chi connectivity index (χ4v) is 1.50. The largest absolute Gasteiger partial charge is 0.370 e. The smallest absolute Gasteiger partial charge is 0.191 e. The summed E-state index contributed by atoms with van der Waals surface area (Å²) in [5.41, 5.74) is 7.84. The Labute approximate surface area is 120 Å². The molecule has 0 atom stereocenters. The maximum atomic E-state index is 5.87. The predicted octanol–water partition coefficient (Wildman–Crippen LogP) is 2.16. The lowest BCUT2D eigenvalue weighted by atomic mass is 10.3. The summed E-state index contributed by atoms with van der Waals surface area (Å²) in [5.74, 6) is 0.591. The number of guanidine groups is 1. The minimum Gasteiger partial charge on any atom is -0.370 e. The number of hydrogen-bond acceptors (Lipinski definition) is 2. The van der Waals surface area contributed by atoms with Crippen molar-refractivity contribution in [3.8, 4) is 0 Å². The Morgan fingerprint density at radius 1 is 1.35 bits per heavy atom. The lowest BCUT2D eigenvalue weighted by molar-refractivity contribution is 0.458. The number of nitrogens with two attached hydrogens (primary N) is 1. The van der Waals surface area contributed by atoms with E-state index >= 15 is 0 Å². The first kappa shape index (κ1) is 16.1. The average molecular weight is 348 g/mol. The molecule has 1 aromatic rings. The van der Waals surface area contributed by atoms with Gasteiger partial charge in [-0.25, -0.2) is 4.99 Å². The van der Waals surface area contributed by atoms with Crippen molar-refractivity contribution < 1.29 is 0 Å². The molecule has 0 saturated heterocycles. The molecule has 0 fully saturated rings. The van der Waals surface area contributed by atoms with Crippen molar-refractivity contribution in [2.75, 3.05) is 13.1 Å². The van der Waals surface area contributed by atoms with E-state index in [1.165, 1.54) is 0 Å². The second-order valence-electron chi connectivity index (χ2n) is 3.62. The molecule has 0 aliphatic rings. The first-order valence-corrected chi connectivity index (χ1v) is 5.64. The van der Waals surface area contributed by atoms with Gasteiger partial charge in [0.2, 0.25) is 0 Å². The lowest BCUT2D eigenvalue weighted by Crippen LogP contribution is -2.37. The van der Waals surface area contributed by atoms with Crippen molar-refractivity contribution in [2.24, 2.45) is 10.7 Å². The molecule has 0 spiro atoms. The molecule has 0 saturated carbocycles. The molecule has 0 radical (unpaired) electrons. The summed E-state index contributed by atoms with van der Waals surface area (Å²) in [4.78, 5) is 10.7. The highest BCUT2D eigenvalue weighted by atomic mass is 127. The van der Waals surface area contributed by atoms with Crippen LogP contribution >= 0.6 is 24.0 Å². The topological polar surface area (TPSA) is 54.5 Å². The van der Waals surface area contributed by atoms with Crippen LogP contribution in [0.2, 0.25) is 0 Å². The molecule has 1 heterocycles. The van der Waals surface area contributed by atoms with Crippen molar-refractivity contribution >= 4 is 29.9 Å². The molecule has 1 aromatic heterocycles. The van der Waals surface area contributed by atoms with Crippen LogP contribution in [0.4, 0.5) is 0 Å². The average Bonchev–Trinajstić information content (AvgIpc) is 2.28. The highest BCUT2D eigenvalue weighted by Crippen LogP contribution is 2.00. The zero-order valence-corrected chi connectivity index (χ0v) is 13.0. The minimum absolute atomic E-state index is 0. The van der Waals surface area contributed by atoms with E-state index in [9.17, 15) is 0 Å². The van der Waals surface area contributed by atoms with E-state index in [-0.39, 0.29) is 24.0 Å². The molecule has 17 heavy (non-hydrogen) atoms. The second-order valence-corrected chi connectivity index (χ2v) is 3.62. The molecule has 0 aliphatic carbocycles. The first-order valence-electron chi connectivity index (χ1n) is 5.64. The molecule has 0 bridgehead atoms. The minimum atomic E-state index is 0. The Balaban J connectivity index is 0.00000256. The Kier molecular flexibility index (Phi) is 7.86. The van der Waals surface area contributed by atoms with Crippen LogP contribution in [0, 0.1) is 6.92 Å². The summed E-state index contributed by atoms with van der Waals surface area (Å²) in [6.07, 6.45) is 0. The highest BCUT2D eigenvalue weighted by molar-refractivity contribution is 14.0. The molecule has 2 N–H and O–H groups in total. The SMILES string of the molecule is CCN(CC)C(N)=NCc1cccc(C)n1.I. The summed E-state index contributed by atoms with van der Waals surface area (Å²) in [5, 5.41) is 0. The van der Waals surface area contributed by atoms with E-state index in [4.69, 9.17) is 5.73 Å². The molecule has 0 amide bonds. The molecule has 4 nitrogen and oxygen atoms in total. The number of aromatic nitrogens is 1. The van der Waals surface area contributed by atoms with Gasteiger partial charge >= 0.3 is 0 Å². The summed E-state index contributed by atoms with van der Waals surface area (Å²) in [6, 6.07) is 5.92. The molecule has 0 aromatic carbocycles. The number of pyridine rings is 1. The van der Waals surface area contributed by atoms with Crippen LogP contribution < -0.4 is 5.73 Å². The third-order valence-corrected chi connectivity index (χ3v) is 2.44. The van der Waals surface area contributed by atoms with Crippen LogP contribution in [0.3, 0.4) is 0 Å². The molecular weight excluding hydrogens is 327 g/mol. The molecular formula is C12H21IN4. The number of aryl methyl sites for hydroxylation is 1. The fraction of sp³-hybridized carbons (Fsp3) is 0.500. The summed E-state index contributed by atoms with van der Waals surface area (Å²) in [7, 11) is 0. The Morgan fingerprint density at radius 3 is 2.53 bits per heavy atom. The third kappa shape index (κ3) is 5.34. The van der Waals surface area contributed by atoms with Crippen LogP contribution in [0.1, 0.15) is 25.2 Å². The van der Waals surface area contributed by atoms with Gasteiger partial charge in [-0.3, -0.25) is 4.98 Å². The maximum absolute atomic E-state index is 5.87. The van der Waals surface area contributed by atoms with Crippen LogP contribution in [0.15, 0.2) is 23.2 Å². The van der Waals surface area contributed by atoms with Gasteiger partial charge in [0.15, 0.2) is 5.96 Å². The van der Waals surface area contributed by atoms with Crippen LogP contribution in [-0.2, 0) is 6.54 Å².